The third-order valence-corrected chi connectivity index (χ3v) is 2.84. The first-order chi connectivity index (χ1) is 7.16. The molecule has 1 unspecified atom stereocenters. The van der Waals surface area contributed by atoms with Gasteiger partial charge in [-0.2, -0.15) is 4.37 Å². The van der Waals surface area contributed by atoms with Gasteiger partial charge in [-0.25, -0.2) is 4.98 Å². The van der Waals surface area contributed by atoms with Crippen LogP contribution in [0.2, 0.25) is 0 Å². The van der Waals surface area contributed by atoms with Crippen LogP contribution in [0.4, 0.5) is 5.13 Å². The number of anilines is 1. The fourth-order valence-corrected chi connectivity index (χ4v) is 2.10. The molecule has 0 fully saturated rings. The van der Waals surface area contributed by atoms with E-state index in [0.717, 1.165) is 16.7 Å². The highest BCUT2D eigenvalue weighted by atomic mass is 32.1. The maximum Gasteiger partial charge on any atom is 0.202 e. The molecule has 0 aliphatic heterocycles. The van der Waals surface area contributed by atoms with Gasteiger partial charge in [-0.05, 0) is 26.8 Å². The van der Waals surface area contributed by atoms with Gasteiger partial charge in [0.25, 0.3) is 0 Å². The van der Waals surface area contributed by atoms with Crippen LogP contribution in [0.25, 0.3) is 0 Å². The molecule has 0 spiro atoms. The molecule has 2 rings (SSSR count). The van der Waals surface area contributed by atoms with Crippen LogP contribution >= 0.6 is 11.5 Å². The van der Waals surface area contributed by atoms with Crippen LogP contribution in [0.15, 0.2) is 16.8 Å². The number of hydrogen-bond acceptors (Lipinski definition) is 5. The van der Waals surface area contributed by atoms with Crippen LogP contribution in [0.1, 0.15) is 30.0 Å². The average molecular weight is 223 g/mol. The lowest BCUT2D eigenvalue weighted by Crippen LogP contribution is -2.06. The van der Waals surface area contributed by atoms with Gasteiger partial charge in [-0.15, -0.1) is 0 Å². The predicted octanol–water partition coefficient (Wildman–Crippen LogP) is 2.92. The summed E-state index contributed by atoms with van der Waals surface area (Å²) in [6, 6.07) is 2.24. The van der Waals surface area contributed by atoms with E-state index in [1.54, 1.807) is 6.33 Å². The number of rotatable bonds is 3. The SMILES string of the molecule is Cc1cc(C(C)Nc2ncns2)c(C)o1. The summed E-state index contributed by atoms with van der Waals surface area (Å²) in [4.78, 5) is 4.08. The highest BCUT2D eigenvalue weighted by Crippen LogP contribution is 2.24. The third-order valence-electron chi connectivity index (χ3n) is 2.25. The first-order valence-electron chi connectivity index (χ1n) is 4.77. The number of aromatic nitrogens is 2. The van der Waals surface area contributed by atoms with Gasteiger partial charge in [0.05, 0.1) is 6.04 Å². The monoisotopic (exact) mass is 223 g/mol. The van der Waals surface area contributed by atoms with Crippen molar-refractivity contribution < 1.29 is 4.42 Å². The van der Waals surface area contributed by atoms with Gasteiger partial charge in [0.15, 0.2) is 0 Å². The van der Waals surface area contributed by atoms with Crippen LogP contribution < -0.4 is 5.32 Å². The molecule has 15 heavy (non-hydrogen) atoms. The van der Waals surface area contributed by atoms with Gasteiger partial charge in [0, 0.05) is 17.1 Å². The van der Waals surface area contributed by atoms with E-state index in [-0.39, 0.29) is 6.04 Å². The Labute approximate surface area is 92.5 Å². The van der Waals surface area contributed by atoms with E-state index in [1.165, 1.54) is 17.1 Å². The molecule has 0 aliphatic carbocycles. The smallest absolute Gasteiger partial charge is 0.202 e. The van der Waals surface area contributed by atoms with Crippen LogP contribution in [0.3, 0.4) is 0 Å². The van der Waals surface area contributed by atoms with E-state index in [2.05, 4.69) is 21.6 Å². The van der Waals surface area contributed by atoms with E-state index in [4.69, 9.17) is 4.42 Å². The molecule has 0 aliphatic rings. The van der Waals surface area contributed by atoms with Crippen molar-refractivity contribution in [3.8, 4) is 0 Å². The van der Waals surface area contributed by atoms with E-state index < -0.39 is 0 Å². The Bertz CT molecular complexity index is 435. The van der Waals surface area contributed by atoms with Crippen molar-refractivity contribution in [3.63, 3.8) is 0 Å². The zero-order valence-corrected chi connectivity index (χ0v) is 9.76. The summed E-state index contributed by atoms with van der Waals surface area (Å²) in [7, 11) is 0. The maximum absolute atomic E-state index is 5.48. The van der Waals surface area contributed by atoms with E-state index in [0.29, 0.717) is 0 Å². The second-order valence-electron chi connectivity index (χ2n) is 3.48. The van der Waals surface area contributed by atoms with Crippen molar-refractivity contribution in [2.45, 2.75) is 26.8 Å². The number of hydrogen-bond donors (Lipinski definition) is 1. The molecule has 2 heterocycles. The Kier molecular flexibility index (Phi) is 2.73. The fourth-order valence-electron chi connectivity index (χ4n) is 1.58. The zero-order chi connectivity index (χ0) is 10.8. The van der Waals surface area contributed by atoms with Crippen LogP contribution in [-0.4, -0.2) is 9.36 Å². The maximum atomic E-state index is 5.48. The van der Waals surface area contributed by atoms with Crippen molar-refractivity contribution in [1.82, 2.24) is 9.36 Å². The Morgan fingerprint density at radius 1 is 1.47 bits per heavy atom. The van der Waals surface area contributed by atoms with Gasteiger partial charge < -0.3 is 9.73 Å². The Morgan fingerprint density at radius 2 is 2.27 bits per heavy atom. The van der Waals surface area contributed by atoms with Crippen molar-refractivity contribution in [3.05, 3.63) is 29.5 Å². The van der Waals surface area contributed by atoms with Crippen molar-refractivity contribution in [2.24, 2.45) is 0 Å². The first-order valence-corrected chi connectivity index (χ1v) is 5.54. The Hall–Kier alpha value is -1.36. The lowest BCUT2D eigenvalue weighted by Gasteiger charge is -2.10. The van der Waals surface area contributed by atoms with Crippen LogP contribution in [0, 0.1) is 13.8 Å². The van der Waals surface area contributed by atoms with Gasteiger partial charge in [0.1, 0.15) is 17.8 Å². The van der Waals surface area contributed by atoms with E-state index >= 15 is 0 Å². The molecule has 0 amide bonds. The number of nitrogens with zero attached hydrogens (tertiary/aromatic N) is 2. The topological polar surface area (TPSA) is 51.0 Å². The van der Waals surface area contributed by atoms with Gasteiger partial charge >= 0.3 is 0 Å². The second-order valence-corrected chi connectivity index (χ2v) is 4.26. The number of furan rings is 1. The molecule has 2 aromatic rings. The van der Waals surface area contributed by atoms with E-state index in [1.807, 2.05) is 19.9 Å². The molecule has 80 valence electrons. The lowest BCUT2D eigenvalue weighted by molar-refractivity contribution is 0.500. The molecule has 0 bridgehead atoms. The summed E-state index contributed by atoms with van der Waals surface area (Å²) < 4.78 is 9.42. The normalized spacial score (nSPS) is 12.7. The molecule has 0 radical (unpaired) electrons. The summed E-state index contributed by atoms with van der Waals surface area (Å²) in [5, 5.41) is 4.11. The van der Waals surface area contributed by atoms with Gasteiger partial charge in [-0.3, -0.25) is 0 Å². The quantitative estimate of drug-likeness (QED) is 0.869. The highest BCUT2D eigenvalue weighted by Gasteiger charge is 2.13. The number of nitrogens with one attached hydrogen (secondary N) is 1. The first kappa shape index (κ1) is 10.2. The third kappa shape index (κ3) is 2.18. The van der Waals surface area contributed by atoms with Crippen molar-refractivity contribution in [2.75, 3.05) is 5.32 Å². The summed E-state index contributed by atoms with van der Waals surface area (Å²) in [6.07, 6.45) is 1.55. The minimum Gasteiger partial charge on any atom is -0.466 e. The minimum atomic E-state index is 0.190. The highest BCUT2D eigenvalue weighted by molar-refractivity contribution is 7.09. The van der Waals surface area contributed by atoms with Crippen LogP contribution in [0.5, 0.6) is 0 Å². The van der Waals surface area contributed by atoms with Gasteiger partial charge in [0.2, 0.25) is 5.13 Å². The molecule has 5 heteroatoms. The largest absolute Gasteiger partial charge is 0.466 e. The predicted molar refractivity (Wildman–Crippen MR) is 60.1 cm³/mol. The molecule has 0 aromatic carbocycles. The summed E-state index contributed by atoms with van der Waals surface area (Å²) >= 11 is 1.36. The summed E-state index contributed by atoms with van der Waals surface area (Å²) in [6.45, 7) is 6.01. The van der Waals surface area contributed by atoms with Crippen molar-refractivity contribution >= 4 is 16.7 Å². The average Bonchev–Trinajstić information content (AvgIpc) is 2.75. The van der Waals surface area contributed by atoms with Gasteiger partial charge in [-0.1, -0.05) is 0 Å². The van der Waals surface area contributed by atoms with Crippen LogP contribution in [-0.2, 0) is 0 Å². The lowest BCUT2D eigenvalue weighted by atomic mass is 10.1. The molecule has 1 N–H and O–H groups in total. The summed E-state index contributed by atoms with van der Waals surface area (Å²) in [5.41, 5.74) is 1.17. The molecule has 2 aromatic heterocycles. The molecule has 0 saturated carbocycles. The fraction of sp³-hybridized carbons (Fsp3) is 0.400. The molecule has 4 nitrogen and oxygen atoms in total. The standard InChI is InChI=1S/C10H13N3OS/c1-6-4-9(8(3)14-6)7(2)13-10-11-5-12-15-10/h4-5,7H,1-3H3,(H,11,12,13). The Morgan fingerprint density at radius 3 is 2.80 bits per heavy atom. The minimum absolute atomic E-state index is 0.190. The molecule has 1 atom stereocenters. The van der Waals surface area contributed by atoms with Crippen molar-refractivity contribution in [1.29, 1.82) is 0 Å². The summed E-state index contributed by atoms with van der Waals surface area (Å²) in [5.74, 6) is 1.89. The second kappa shape index (κ2) is 4.02. The molecular formula is C10H13N3OS. The Balaban J connectivity index is 2.14. The number of aryl methyl sites for hydroxylation is 2. The zero-order valence-electron chi connectivity index (χ0n) is 8.94. The molecule has 0 saturated heterocycles. The van der Waals surface area contributed by atoms with E-state index in [9.17, 15) is 0 Å². The molecular weight excluding hydrogens is 210 g/mol.